The predicted octanol–water partition coefficient (Wildman–Crippen LogP) is 5.99. The summed E-state index contributed by atoms with van der Waals surface area (Å²) in [6, 6.07) is 17.0. The third-order valence-electron chi connectivity index (χ3n) is 3.96. The molecule has 6 heteroatoms. The maximum absolute atomic E-state index is 12.2. The number of benzene rings is 2. The fraction of sp³-hybridized carbons (Fsp3) is 0.0909. The van der Waals surface area contributed by atoms with E-state index in [0.29, 0.717) is 10.7 Å². The minimum Gasteiger partial charge on any atom is -0.326 e. The van der Waals surface area contributed by atoms with Crippen molar-refractivity contribution in [3.05, 3.63) is 76.1 Å². The van der Waals surface area contributed by atoms with E-state index in [2.05, 4.69) is 10.6 Å². The highest BCUT2D eigenvalue weighted by atomic mass is 35.5. The van der Waals surface area contributed by atoms with Crippen LogP contribution in [0.25, 0.3) is 16.5 Å². The van der Waals surface area contributed by atoms with Crippen molar-refractivity contribution in [2.75, 3.05) is 10.6 Å². The number of carbonyl (C=O) groups excluding carboxylic acids is 2. The van der Waals surface area contributed by atoms with Crippen molar-refractivity contribution < 1.29 is 9.59 Å². The van der Waals surface area contributed by atoms with Crippen LogP contribution >= 0.6 is 22.9 Å². The molecule has 3 aromatic rings. The van der Waals surface area contributed by atoms with Crippen LogP contribution < -0.4 is 10.6 Å². The van der Waals surface area contributed by atoms with Gasteiger partial charge in [-0.15, -0.1) is 11.3 Å². The third-order valence-corrected chi connectivity index (χ3v) is 5.31. The highest BCUT2D eigenvalue weighted by Gasteiger charge is 2.05. The smallest absolute Gasteiger partial charge is 0.248 e. The van der Waals surface area contributed by atoms with Crippen LogP contribution in [0.1, 0.15) is 17.4 Å². The van der Waals surface area contributed by atoms with E-state index in [9.17, 15) is 9.59 Å². The number of amides is 2. The van der Waals surface area contributed by atoms with Gasteiger partial charge >= 0.3 is 0 Å². The van der Waals surface area contributed by atoms with E-state index in [1.807, 2.05) is 49.4 Å². The first-order valence-corrected chi connectivity index (χ1v) is 9.83. The number of aryl methyl sites for hydroxylation is 1. The molecular weight excluding hydrogens is 392 g/mol. The highest BCUT2D eigenvalue weighted by molar-refractivity contribution is 7.16. The Balaban J connectivity index is 1.63. The molecule has 142 valence electrons. The Morgan fingerprint density at radius 2 is 1.75 bits per heavy atom. The number of hydrogen-bond acceptors (Lipinski definition) is 3. The van der Waals surface area contributed by atoms with Gasteiger partial charge in [0, 0.05) is 39.2 Å². The molecule has 2 N–H and O–H groups in total. The lowest BCUT2D eigenvalue weighted by molar-refractivity contribution is -0.114. The molecule has 0 aliphatic heterocycles. The molecule has 1 heterocycles. The summed E-state index contributed by atoms with van der Waals surface area (Å²) in [4.78, 5) is 25.5. The zero-order valence-corrected chi connectivity index (χ0v) is 17.0. The van der Waals surface area contributed by atoms with Crippen molar-refractivity contribution in [3.8, 4) is 10.4 Å². The van der Waals surface area contributed by atoms with Crippen molar-refractivity contribution in [2.45, 2.75) is 13.8 Å². The van der Waals surface area contributed by atoms with Crippen LogP contribution in [0.2, 0.25) is 5.02 Å². The second-order valence-electron chi connectivity index (χ2n) is 6.24. The Morgan fingerprint density at radius 3 is 2.43 bits per heavy atom. The molecule has 0 saturated heterocycles. The van der Waals surface area contributed by atoms with Crippen molar-refractivity contribution in [1.29, 1.82) is 0 Å². The highest BCUT2D eigenvalue weighted by Crippen LogP contribution is 2.29. The monoisotopic (exact) mass is 410 g/mol. The van der Waals surface area contributed by atoms with Gasteiger partial charge in [0.2, 0.25) is 11.8 Å². The normalized spacial score (nSPS) is 10.8. The van der Waals surface area contributed by atoms with Crippen LogP contribution in [0, 0.1) is 6.92 Å². The Hall–Kier alpha value is -2.89. The van der Waals surface area contributed by atoms with Crippen molar-refractivity contribution in [3.63, 3.8) is 0 Å². The van der Waals surface area contributed by atoms with E-state index in [0.717, 1.165) is 26.6 Å². The first kappa shape index (κ1) is 19.9. The van der Waals surface area contributed by atoms with Gasteiger partial charge in [-0.3, -0.25) is 9.59 Å². The summed E-state index contributed by atoms with van der Waals surface area (Å²) in [5.74, 6) is -0.343. The number of nitrogens with one attached hydrogen (secondary N) is 2. The molecule has 28 heavy (non-hydrogen) atoms. The molecule has 0 spiro atoms. The first-order valence-electron chi connectivity index (χ1n) is 8.64. The van der Waals surface area contributed by atoms with Gasteiger partial charge in [-0.25, -0.2) is 0 Å². The molecular formula is C22H19ClN2O2S. The van der Waals surface area contributed by atoms with Crippen LogP contribution in [0.15, 0.2) is 60.7 Å². The lowest BCUT2D eigenvalue weighted by atomic mass is 10.1. The summed E-state index contributed by atoms with van der Waals surface area (Å²) < 4.78 is 0. The van der Waals surface area contributed by atoms with Crippen LogP contribution in [-0.2, 0) is 9.59 Å². The minimum absolute atomic E-state index is 0.128. The maximum atomic E-state index is 12.2. The number of rotatable bonds is 5. The van der Waals surface area contributed by atoms with Gasteiger partial charge in [0.25, 0.3) is 0 Å². The summed E-state index contributed by atoms with van der Waals surface area (Å²) in [5.41, 5.74) is 3.37. The van der Waals surface area contributed by atoms with Crippen LogP contribution in [0.3, 0.4) is 0 Å². The number of halogens is 1. The topological polar surface area (TPSA) is 58.2 Å². The van der Waals surface area contributed by atoms with Crippen LogP contribution in [-0.4, -0.2) is 11.8 Å². The summed E-state index contributed by atoms with van der Waals surface area (Å²) in [6.07, 6.45) is 3.30. The molecule has 0 bridgehead atoms. The number of hydrogen-bond donors (Lipinski definition) is 2. The third kappa shape index (κ3) is 5.31. The standard InChI is InChI=1S/C22H19ClN2O2S/c1-14-13-18(7-10-20(14)24-15(2)26)25-22(27)12-9-19-8-11-21(28-19)16-3-5-17(23)6-4-16/h3-13H,1-2H3,(H,24,26)(H,25,27)/b12-9+. The number of thiophene rings is 1. The van der Waals surface area contributed by atoms with Gasteiger partial charge in [0.05, 0.1) is 0 Å². The van der Waals surface area contributed by atoms with E-state index in [1.54, 1.807) is 29.5 Å². The summed E-state index contributed by atoms with van der Waals surface area (Å²) in [6.45, 7) is 3.34. The van der Waals surface area contributed by atoms with Gasteiger partial charge in [-0.2, -0.15) is 0 Å². The molecule has 2 amide bonds. The minimum atomic E-state index is -0.215. The molecule has 0 fully saturated rings. The molecule has 3 rings (SSSR count). The Morgan fingerprint density at radius 1 is 1.00 bits per heavy atom. The molecule has 1 aromatic heterocycles. The van der Waals surface area contributed by atoms with E-state index in [-0.39, 0.29) is 11.8 Å². The lowest BCUT2D eigenvalue weighted by Gasteiger charge is -2.09. The van der Waals surface area contributed by atoms with E-state index >= 15 is 0 Å². The molecule has 0 unspecified atom stereocenters. The molecule has 4 nitrogen and oxygen atoms in total. The zero-order valence-electron chi connectivity index (χ0n) is 15.5. The molecule has 0 aliphatic carbocycles. The Labute approximate surface area is 172 Å². The van der Waals surface area contributed by atoms with Gasteiger partial charge in [0.1, 0.15) is 0 Å². The van der Waals surface area contributed by atoms with Crippen LogP contribution in [0.5, 0.6) is 0 Å². The average Bonchev–Trinajstić information content (AvgIpc) is 3.12. The second-order valence-corrected chi connectivity index (χ2v) is 7.79. The Kier molecular flexibility index (Phi) is 6.29. The molecule has 0 radical (unpaired) electrons. The average molecular weight is 411 g/mol. The van der Waals surface area contributed by atoms with E-state index < -0.39 is 0 Å². The van der Waals surface area contributed by atoms with Gasteiger partial charge in [-0.1, -0.05) is 23.7 Å². The SMILES string of the molecule is CC(=O)Nc1ccc(NC(=O)/C=C/c2ccc(-c3ccc(Cl)cc3)s2)cc1C. The largest absolute Gasteiger partial charge is 0.326 e. The zero-order chi connectivity index (χ0) is 20.1. The number of anilines is 2. The van der Waals surface area contributed by atoms with Gasteiger partial charge < -0.3 is 10.6 Å². The van der Waals surface area contributed by atoms with Crippen molar-refractivity contribution >= 4 is 52.2 Å². The van der Waals surface area contributed by atoms with Gasteiger partial charge in [-0.05, 0) is 66.6 Å². The predicted molar refractivity (Wildman–Crippen MR) is 118 cm³/mol. The van der Waals surface area contributed by atoms with Crippen molar-refractivity contribution in [2.24, 2.45) is 0 Å². The summed E-state index contributed by atoms with van der Waals surface area (Å²) >= 11 is 7.53. The summed E-state index contributed by atoms with van der Waals surface area (Å²) in [7, 11) is 0. The quantitative estimate of drug-likeness (QED) is 0.508. The fourth-order valence-corrected chi connectivity index (χ4v) is 3.67. The van der Waals surface area contributed by atoms with E-state index in [1.165, 1.54) is 13.0 Å². The van der Waals surface area contributed by atoms with Crippen LogP contribution in [0.4, 0.5) is 11.4 Å². The number of carbonyl (C=O) groups is 2. The molecule has 0 saturated carbocycles. The Bertz CT molecular complexity index is 1040. The van der Waals surface area contributed by atoms with E-state index in [4.69, 9.17) is 11.6 Å². The molecule has 0 aliphatic rings. The molecule has 0 atom stereocenters. The second kappa shape index (κ2) is 8.87. The first-order chi connectivity index (χ1) is 13.4. The maximum Gasteiger partial charge on any atom is 0.248 e. The summed E-state index contributed by atoms with van der Waals surface area (Å²) in [5, 5.41) is 6.28. The van der Waals surface area contributed by atoms with Gasteiger partial charge in [0.15, 0.2) is 0 Å². The van der Waals surface area contributed by atoms with Crippen molar-refractivity contribution in [1.82, 2.24) is 0 Å². The molecule has 2 aromatic carbocycles. The lowest BCUT2D eigenvalue weighted by Crippen LogP contribution is -2.10. The fourth-order valence-electron chi connectivity index (χ4n) is 2.62.